The van der Waals surface area contributed by atoms with E-state index in [9.17, 15) is 4.79 Å². The van der Waals surface area contributed by atoms with E-state index in [1.165, 1.54) is 4.57 Å². The van der Waals surface area contributed by atoms with Crippen LogP contribution in [0.2, 0.25) is 0 Å². The number of fused-ring (bicyclic) bond motifs is 1. The molecule has 2 rings (SSSR count). The third-order valence-electron chi connectivity index (χ3n) is 2.45. The van der Waals surface area contributed by atoms with Crippen LogP contribution in [0.5, 0.6) is 0 Å². The van der Waals surface area contributed by atoms with Gasteiger partial charge in [0, 0.05) is 12.7 Å². The summed E-state index contributed by atoms with van der Waals surface area (Å²) in [4.78, 5) is 15.8. The largest absolute Gasteiger partial charge is 0.421 e. The quantitative estimate of drug-likeness (QED) is 0.786. The molecule has 2 aromatic rings. The van der Waals surface area contributed by atoms with Crippen molar-refractivity contribution < 1.29 is 4.42 Å². The van der Waals surface area contributed by atoms with Crippen LogP contribution in [0.3, 0.4) is 0 Å². The fourth-order valence-electron chi connectivity index (χ4n) is 1.48. The smallest absolute Gasteiger partial charge is 0.406 e. The third-order valence-corrected chi connectivity index (χ3v) is 2.45. The van der Waals surface area contributed by atoms with Gasteiger partial charge in [-0.15, -0.1) is 0 Å². The Morgan fingerprint density at radius 3 is 3.00 bits per heavy atom. The molecule has 15 heavy (non-hydrogen) atoms. The molecule has 0 aromatic carbocycles. The molecule has 0 saturated heterocycles. The average Bonchev–Trinajstić information content (AvgIpc) is 2.54. The summed E-state index contributed by atoms with van der Waals surface area (Å²) in [5.74, 6) is -0.417. The van der Waals surface area contributed by atoms with E-state index in [1.807, 2.05) is 13.8 Å². The van der Waals surface area contributed by atoms with Crippen LogP contribution in [-0.2, 0) is 5.54 Å². The summed E-state index contributed by atoms with van der Waals surface area (Å²) in [7, 11) is 0. The molecule has 5 nitrogen and oxygen atoms in total. The molecule has 0 aliphatic carbocycles. The third kappa shape index (κ3) is 1.45. The minimum atomic E-state index is -0.489. The maximum absolute atomic E-state index is 11.6. The summed E-state index contributed by atoms with van der Waals surface area (Å²) >= 11 is 0. The first-order valence-corrected chi connectivity index (χ1v) is 4.73. The zero-order valence-electron chi connectivity index (χ0n) is 8.73. The lowest BCUT2D eigenvalue weighted by molar-refractivity contribution is 0.338. The van der Waals surface area contributed by atoms with Gasteiger partial charge in [0.2, 0.25) is 0 Å². The predicted octanol–water partition coefficient (Wildman–Crippen LogP) is 0.683. The molecule has 0 unspecified atom stereocenters. The second-order valence-electron chi connectivity index (χ2n) is 4.05. The van der Waals surface area contributed by atoms with Crippen molar-refractivity contribution in [3.8, 4) is 0 Å². The number of rotatable bonds is 2. The van der Waals surface area contributed by atoms with Gasteiger partial charge in [-0.05, 0) is 26.0 Å². The Balaban J connectivity index is 2.80. The van der Waals surface area contributed by atoms with Crippen molar-refractivity contribution in [2.75, 3.05) is 6.54 Å². The summed E-state index contributed by atoms with van der Waals surface area (Å²) in [6, 6.07) is 3.44. The Morgan fingerprint density at radius 1 is 1.60 bits per heavy atom. The number of pyridine rings is 1. The van der Waals surface area contributed by atoms with Crippen molar-refractivity contribution in [3.05, 3.63) is 28.9 Å². The Morgan fingerprint density at radius 2 is 2.33 bits per heavy atom. The molecular weight excluding hydrogens is 194 g/mol. The first kappa shape index (κ1) is 9.92. The van der Waals surface area contributed by atoms with Crippen LogP contribution in [0.15, 0.2) is 27.5 Å². The normalized spacial score (nSPS) is 12.2. The summed E-state index contributed by atoms with van der Waals surface area (Å²) < 4.78 is 6.56. The second kappa shape index (κ2) is 3.20. The van der Waals surface area contributed by atoms with E-state index in [2.05, 4.69) is 4.98 Å². The maximum Gasteiger partial charge on any atom is 0.421 e. The number of aromatic nitrogens is 2. The molecule has 0 aliphatic heterocycles. The van der Waals surface area contributed by atoms with E-state index in [4.69, 9.17) is 10.2 Å². The number of hydrogen-bond donors (Lipinski definition) is 1. The first-order valence-electron chi connectivity index (χ1n) is 4.73. The fraction of sp³-hybridized carbons (Fsp3) is 0.400. The van der Waals surface area contributed by atoms with E-state index in [-0.39, 0.29) is 0 Å². The van der Waals surface area contributed by atoms with Gasteiger partial charge in [0.25, 0.3) is 0 Å². The van der Waals surface area contributed by atoms with Gasteiger partial charge < -0.3 is 10.2 Å². The van der Waals surface area contributed by atoms with Crippen LogP contribution >= 0.6 is 0 Å². The molecule has 0 spiro atoms. The molecule has 5 heteroatoms. The number of hydrogen-bond acceptors (Lipinski definition) is 4. The standard InChI is InChI=1S/C10H13N3O2/c1-10(2,6-11)13-8-7(15-9(13)14)4-3-5-12-8/h3-5H,6,11H2,1-2H3. The summed E-state index contributed by atoms with van der Waals surface area (Å²) in [6.07, 6.45) is 1.63. The van der Waals surface area contributed by atoms with Crippen molar-refractivity contribution in [1.82, 2.24) is 9.55 Å². The van der Waals surface area contributed by atoms with E-state index < -0.39 is 11.3 Å². The van der Waals surface area contributed by atoms with Gasteiger partial charge in [-0.1, -0.05) is 0 Å². The van der Waals surface area contributed by atoms with E-state index >= 15 is 0 Å². The highest BCUT2D eigenvalue weighted by molar-refractivity contribution is 5.67. The highest BCUT2D eigenvalue weighted by atomic mass is 16.4. The molecule has 0 amide bonds. The molecule has 0 fully saturated rings. The molecule has 0 radical (unpaired) electrons. The molecule has 0 saturated carbocycles. The molecule has 2 aromatic heterocycles. The van der Waals surface area contributed by atoms with Crippen molar-refractivity contribution >= 4 is 11.2 Å². The van der Waals surface area contributed by atoms with E-state index in [1.54, 1.807) is 18.3 Å². The van der Waals surface area contributed by atoms with Gasteiger partial charge >= 0.3 is 5.76 Å². The van der Waals surface area contributed by atoms with Crippen LogP contribution in [0, 0.1) is 0 Å². The topological polar surface area (TPSA) is 74.0 Å². The number of nitrogens with two attached hydrogens (primary N) is 1. The number of nitrogens with zero attached hydrogens (tertiary/aromatic N) is 2. The molecule has 0 bridgehead atoms. The second-order valence-corrected chi connectivity index (χ2v) is 4.05. The molecule has 2 N–H and O–H groups in total. The Labute approximate surface area is 86.5 Å². The minimum Gasteiger partial charge on any atom is -0.406 e. The van der Waals surface area contributed by atoms with E-state index in [0.717, 1.165) is 0 Å². The summed E-state index contributed by atoms with van der Waals surface area (Å²) in [5, 5.41) is 0. The van der Waals surface area contributed by atoms with Gasteiger partial charge in [-0.3, -0.25) is 4.57 Å². The fourth-order valence-corrected chi connectivity index (χ4v) is 1.48. The van der Waals surface area contributed by atoms with Gasteiger partial charge in [0.1, 0.15) is 0 Å². The van der Waals surface area contributed by atoms with Crippen molar-refractivity contribution in [3.63, 3.8) is 0 Å². The lowest BCUT2D eigenvalue weighted by Gasteiger charge is -2.22. The van der Waals surface area contributed by atoms with Crippen molar-refractivity contribution in [2.45, 2.75) is 19.4 Å². The monoisotopic (exact) mass is 207 g/mol. The van der Waals surface area contributed by atoms with Crippen molar-refractivity contribution in [2.24, 2.45) is 5.73 Å². The molecule has 0 aliphatic rings. The first-order chi connectivity index (χ1) is 7.06. The molecule has 2 heterocycles. The Kier molecular flexibility index (Phi) is 2.12. The van der Waals surface area contributed by atoms with E-state index in [0.29, 0.717) is 17.8 Å². The van der Waals surface area contributed by atoms with Crippen LogP contribution in [0.4, 0.5) is 0 Å². The molecule has 80 valence electrons. The van der Waals surface area contributed by atoms with Gasteiger partial charge in [0.15, 0.2) is 11.2 Å². The van der Waals surface area contributed by atoms with Crippen LogP contribution in [0.25, 0.3) is 11.2 Å². The number of oxazole rings is 1. The average molecular weight is 207 g/mol. The SMILES string of the molecule is CC(C)(CN)n1c(=O)oc2cccnc21. The van der Waals surface area contributed by atoms with Crippen LogP contribution in [-0.4, -0.2) is 16.1 Å². The van der Waals surface area contributed by atoms with Crippen LogP contribution < -0.4 is 11.5 Å². The van der Waals surface area contributed by atoms with Crippen molar-refractivity contribution in [1.29, 1.82) is 0 Å². The molecular formula is C10H13N3O2. The minimum absolute atomic E-state index is 0.345. The zero-order valence-corrected chi connectivity index (χ0v) is 8.73. The van der Waals surface area contributed by atoms with Gasteiger partial charge in [-0.25, -0.2) is 9.78 Å². The highest BCUT2D eigenvalue weighted by Gasteiger charge is 2.25. The lowest BCUT2D eigenvalue weighted by atomic mass is 10.1. The predicted molar refractivity (Wildman–Crippen MR) is 56.6 cm³/mol. The summed E-state index contributed by atoms with van der Waals surface area (Å²) in [6.45, 7) is 4.09. The Bertz CT molecular complexity index is 539. The zero-order chi connectivity index (χ0) is 11.1. The van der Waals surface area contributed by atoms with Crippen LogP contribution in [0.1, 0.15) is 13.8 Å². The lowest BCUT2D eigenvalue weighted by Crippen LogP contribution is -2.40. The van der Waals surface area contributed by atoms with Gasteiger partial charge in [0.05, 0.1) is 5.54 Å². The molecule has 0 atom stereocenters. The maximum atomic E-state index is 11.6. The highest BCUT2D eigenvalue weighted by Crippen LogP contribution is 2.17. The summed E-state index contributed by atoms with van der Waals surface area (Å²) in [5.41, 5.74) is 6.17. The van der Waals surface area contributed by atoms with Gasteiger partial charge in [-0.2, -0.15) is 0 Å². The Hall–Kier alpha value is -1.62.